The molecule has 3 rings (SSSR count). The maximum Gasteiger partial charge on any atom is 0.266 e. The molecule has 166 valence electrons. The smallest absolute Gasteiger partial charge is 0.266 e. The van der Waals surface area contributed by atoms with Crippen LogP contribution in [-0.2, 0) is 9.59 Å². The Hall–Kier alpha value is -3.96. The number of para-hydroxylation sites is 1. The van der Waals surface area contributed by atoms with Gasteiger partial charge in [0.15, 0.2) is 6.61 Å². The molecule has 0 aliphatic carbocycles. The highest BCUT2D eigenvalue weighted by molar-refractivity contribution is 9.10. The molecule has 0 aliphatic heterocycles. The number of amides is 2. The van der Waals surface area contributed by atoms with E-state index in [1.807, 2.05) is 31.2 Å². The molecule has 0 radical (unpaired) electrons. The molecule has 33 heavy (non-hydrogen) atoms. The first-order chi connectivity index (χ1) is 15.9. The summed E-state index contributed by atoms with van der Waals surface area (Å²) in [6, 6.07) is 19.4. The lowest BCUT2D eigenvalue weighted by molar-refractivity contribution is -0.118. The summed E-state index contributed by atoms with van der Waals surface area (Å²) >= 11 is 3.35. The molecule has 0 saturated carbocycles. The molecule has 0 aromatic heterocycles. The van der Waals surface area contributed by atoms with Crippen molar-refractivity contribution in [1.29, 1.82) is 5.26 Å². The van der Waals surface area contributed by atoms with Crippen LogP contribution in [0.25, 0.3) is 6.08 Å². The third-order valence-corrected chi connectivity index (χ3v) is 5.01. The highest BCUT2D eigenvalue weighted by Gasteiger charge is 2.13. The summed E-state index contributed by atoms with van der Waals surface area (Å²) in [6.45, 7) is 1.62. The molecule has 3 aromatic carbocycles. The Balaban J connectivity index is 1.75. The van der Waals surface area contributed by atoms with Crippen LogP contribution in [0.5, 0.6) is 5.75 Å². The van der Waals surface area contributed by atoms with Crippen molar-refractivity contribution in [3.05, 3.63) is 93.7 Å². The first-order valence-electron chi connectivity index (χ1n) is 9.82. The molecule has 2 amide bonds. The zero-order valence-corrected chi connectivity index (χ0v) is 19.1. The molecule has 0 atom stereocenters. The maximum atomic E-state index is 13.1. The van der Waals surface area contributed by atoms with Crippen LogP contribution in [0.1, 0.15) is 11.1 Å². The van der Waals surface area contributed by atoms with Gasteiger partial charge in [-0.05, 0) is 67.1 Å². The van der Waals surface area contributed by atoms with Crippen LogP contribution in [-0.4, -0.2) is 18.4 Å². The second-order valence-electron chi connectivity index (χ2n) is 6.96. The average molecular weight is 508 g/mol. The third-order valence-electron chi connectivity index (χ3n) is 4.52. The van der Waals surface area contributed by atoms with Crippen molar-refractivity contribution in [1.82, 2.24) is 0 Å². The summed E-state index contributed by atoms with van der Waals surface area (Å²) in [5.74, 6) is -1.13. The van der Waals surface area contributed by atoms with Crippen LogP contribution in [0.2, 0.25) is 0 Å². The molecule has 0 bridgehead atoms. The van der Waals surface area contributed by atoms with Gasteiger partial charge in [0.2, 0.25) is 0 Å². The average Bonchev–Trinajstić information content (AvgIpc) is 2.79. The van der Waals surface area contributed by atoms with E-state index in [2.05, 4.69) is 26.6 Å². The number of ether oxygens (including phenoxy) is 1. The zero-order chi connectivity index (χ0) is 23.8. The van der Waals surface area contributed by atoms with Crippen LogP contribution < -0.4 is 15.4 Å². The molecule has 0 spiro atoms. The number of benzene rings is 3. The maximum absolute atomic E-state index is 13.1. The standard InChI is InChI=1S/C25H19BrFN3O3/c1-16-4-2-3-5-22(16)30-24(31)15-33-23-11-6-19(26)13-17(23)12-18(14-28)25(32)29-21-9-7-20(27)8-10-21/h2-13H,15H2,1H3,(H,29,32)(H,30,31)/b18-12+. The van der Waals surface area contributed by atoms with Crippen LogP contribution in [0.3, 0.4) is 0 Å². The summed E-state index contributed by atoms with van der Waals surface area (Å²) in [5.41, 5.74) is 2.20. The minimum atomic E-state index is -0.660. The van der Waals surface area contributed by atoms with Gasteiger partial charge in [0, 0.05) is 21.4 Å². The van der Waals surface area contributed by atoms with E-state index >= 15 is 0 Å². The van der Waals surface area contributed by atoms with Gasteiger partial charge in [-0.2, -0.15) is 5.26 Å². The zero-order valence-electron chi connectivity index (χ0n) is 17.6. The van der Waals surface area contributed by atoms with Gasteiger partial charge in [0.05, 0.1) is 0 Å². The second kappa shape index (κ2) is 11.1. The molecular weight excluding hydrogens is 489 g/mol. The predicted octanol–water partition coefficient (Wildman–Crippen LogP) is 5.46. The number of hydrogen-bond acceptors (Lipinski definition) is 4. The molecule has 6 nitrogen and oxygen atoms in total. The predicted molar refractivity (Wildman–Crippen MR) is 128 cm³/mol. The van der Waals surface area contributed by atoms with Gasteiger partial charge in [-0.15, -0.1) is 0 Å². The Morgan fingerprint density at radius 1 is 1.09 bits per heavy atom. The third kappa shape index (κ3) is 6.76. The lowest BCUT2D eigenvalue weighted by Crippen LogP contribution is -2.21. The number of carbonyl (C=O) groups is 2. The van der Waals surface area contributed by atoms with E-state index in [1.165, 1.54) is 30.3 Å². The SMILES string of the molecule is Cc1ccccc1NC(=O)COc1ccc(Br)cc1/C=C(\C#N)C(=O)Nc1ccc(F)cc1. The van der Waals surface area contributed by atoms with E-state index in [0.717, 1.165) is 5.56 Å². The number of aryl methyl sites for hydroxylation is 1. The fourth-order valence-electron chi connectivity index (χ4n) is 2.84. The minimum absolute atomic E-state index is 0.188. The first-order valence-corrected chi connectivity index (χ1v) is 10.6. The quantitative estimate of drug-likeness (QED) is 0.328. The summed E-state index contributed by atoms with van der Waals surface area (Å²) in [5, 5.41) is 14.8. The minimum Gasteiger partial charge on any atom is -0.483 e. The van der Waals surface area contributed by atoms with Crippen molar-refractivity contribution in [3.8, 4) is 11.8 Å². The Bertz CT molecular complexity index is 1250. The van der Waals surface area contributed by atoms with E-state index in [4.69, 9.17) is 4.74 Å². The second-order valence-corrected chi connectivity index (χ2v) is 7.88. The van der Waals surface area contributed by atoms with E-state index < -0.39 is 11.7 Å². The van der Waals surface area contributed by atoms with E-state index in [1.54, 1.807) is 24.3 Å². The molecule has 8 heteroatoms. The first kappa shape index (κ1) is 23.7. The lowest BCUT2D eigenvalue weighted by Gasteiger charge is -2.12. The van der Waals surface area contributed by atoms with Crippen LogP contribution in [0, 0.1) is 24.1 Å². The van der Waals surface area contributed by atoms with Crippen molar-refractivity contribution in [3.63, 3.8) is 0 Å². The number of carbonyl (C=O) groups excluding carboxylic acids is 2. The summed E-state index contributed by atoms with van der Waals surface area (Å²) in [6.07, 6.45) is 1.36. The van der Waals surface area contributed by atoms with Gasteiger partial charge in [0.1, 0.15) is 23.2 Å². The van der Waals surface area contributed by atoms with E-state index in [0.29, 0.717) is 27.2 Å². The Morgan fingerprint density at radius 3 is 2.52 bits per heavy atom. The molecule has 0 fully saturated rings. The number of nitrogens with one attached hydrogen (secondary N) is 2. The molecule has 0 saturated heterocycles. The number of halogens is 2. The van der Waals surface area contributed by atoms with Crippen molar-refractivity contribution in [2.45, 2.75) is 6.92 Å². The van der Waals surface area contributed by atoms with E-state index in [9.17, 15) is 19.2 Å². The van der Waals surface area contributed by atoms with Gasteiger partial charge >= 0.3 is 0 Å². The van der Waals surface area contributed by atoms with Crippen LogP contribution in [0.15, 0.2) is 76.8 Å². The van der Waals surface area contributed by atoms with Crippen molar-refractivity contribution < 1.29 is 18.7 Å². The number of nitriles is 1. The number of hydrogen-bond donors (Lipinski definition) is 2. The van der Waals surface area contributed by atoms with Crippen LogP contribution in [0.4, 0.5) is 15.8 Å². The van der Waals surface area contributed by atoms with Gasteiger partial charge in [-0.25, -0.2) is 4.39 Å². The fourth-order valence-corrected chi connectivity index (χ4v) is 3.22. The highest BCUT2D eigenvalue weighted by Crippen LogP contribution is 2.26. The van der Waals surface area contributed by atoms with E-state index in [-0.39, 0.29) is 18.1 Å². The Labute approximate surface area is 198 Å². The fraction of sp³-hybridized carbons (Fsp3) is 0.0800. The Morgan fingerprint density at radius 2 is 1.82 bits per heavy atom. The highest BCUT2D eigenvalue weighted by atomic mass is 79.9. The van der Waals surface area contributed by atoms with Gasteiger partial charge in [-0.3, -0.25) is 9.59 Å². The van der Waals surface area contributed by atoms with Crippen molar-refractivity contribution in [2.24, 2.45) is 0 Å². The molecule has 2 N–H and O–H groups in total. The van der Waals surface area contributed by atoms with Gasteiger partial charge in [0.25, 0.3) is 11.8 Å². The number of rotatable bonds is 7. The van der Waals surface area contributed by atoms with Gasteiger partial charge < -0.3 is 15.4 Å². The van der Waals surface area contributed by atoms with Crippen molar-refractivity contribution in [2.75, 3.05) is 17.2 Å². The molecule has 0 aliphatic rings. The normalized spacial score (nSPS) is 10.8. The molecular formula is C25H19BrFN3O3. The van der Waals surface area contributed by atoms with Gasteiger partial charge in [-0.1, -0.05) is 34.1 Å². The summed E-state index contributed by atoms with van der Waals surface area (Å²) in [4.78, 5) is 24.8. The van der Waals surface area contributed by atoms with Crippen molar-refractivity contribution >= 4 is 45.2 Å². The number of nitrogens with zero attached hydrogens (tertiary/aromatic N) is 1. The number of anilines is 2. The summed E-state index contributed by atoms with van der Waals surface area (Å²) < 4.78 is 19.4. The molecule has 0 heterocycles. The monoisotopic (exact) mass is 507 g/mol. The van der Waals surface area contributed by atoms with Crippen LogP contribution >= 0.6 is 15.9 Å². The topological polar surface area (TPSA) is 91.2 Å². The molecule has 0 unspecified atom stereocenters. The lowest BCUT2D eigenvalue weighted by atomic mass is 10.1. The largest absolute Gasteiger partial charge is 0.483 e. The Kier molecular flexibility index (Phi) is 7.95. The molecule has 3 aromatic rings. The summed E-state index contributed by atoms with van der Waals surface area (Å²) in [7, 11) is 0.